The van der Waals surface area contributed by atoms with E-state index in [4.69, 9.17) is 39.9 Å². The second-order valence-electron chi connectivity index (χ2n) is 6.47. The van der Waals surface area contributed by atoms with E-state index in [9.17, 15) is 18.0 Å². The molecule has 7 nitrogen and oxygen atoms in total. The molecular formula is C15H12B3ClF3N5O2S. The summed E-state index contributed by atoms with van der Waals surface area (Å²) in [5.41, 5.74) is -2.64. The Hall–Kier alpha value is -1.95. The average molecular weight is 451 g/mol. The molecule has 0 amide bonds. The highest BCUT2D eigenvalue weighted by atomic mass is 35.5. The number of carbonyl (C=O) groups excluding carboxylic acids is 1. The summed E-state index contributed by atoms with van der Waals surface area (Å²) in [4.78, 5) is 24.0. The van der Waals surface area contributed by atoms with Crippen LogP contribution >= 0.6 is 22.9 Å². The number of nitrogens with one attached hydrogen (secondary N) is 2. The highest BCUT2D eigenvalue weighted by molar-refractivity contribution is 7.16. The number of ether oxygens (including phenoxy) is 1. The first-order valence-corrected chi connectivity index (χ1v) is 9.75. The molecule has 3 heterocycles. The molecule has 30 heavy (non-hydrogen) atoms. The van der Waals surface area contributed by atoms with E-state index in [2.05, 4.69) is 25.6 Å². The van der Waals surface area contributed by atoms with Crippen LogP contribution in [-0.2, 0) is 21.1 Å². The van der Waals surface area contributed by atoms with Crippen LogP contribution in [0.4, 0.5) is 29.9 Å². The molecule has 1 atom stereocenters. The number of carbonyl (C=O) groups is 1. The Morgan fingerprint density at radius 3 is 2.57 bits per heavy atom. The highest BCUT2D eigenvalue weighted by Crippen LogP contribution is 2.51. The number of halogens is 4. The summed E-state index contributed by atoms with van der Waals surface area (Å²) >= 11 is 7.04. The molecule has 0 spiro atoms. The molecule has 2 aromatic heterocycles. The summed E-state index contributed by atoms with van der Waals surface area (Å²) in [6.45, 7) is 1.88. The summed E-state index contributed by atoms with van der Waals surface area (Å²) in [6, 6.07) is 0. The van der Waals surface area contributed by atoms with Crippen LogP contribution < -0.4 is 10.6 Å². The predicted molar refractivity (Wildman–Crippen MR) is 109 cm³/mol. The molecule has 6 radical (unpaired) electrons. The normalized spacial score (nSPS) is 19.6. The lowest BCUT2D eigenvalue weighted by molar-refractivity contribution is -0.142. The fourth-order valence-electron chi connectivity index (χ4n) is 2.91. The first kappa shape index (κ1) is 22.7. The minimum Gasteiger partial charge on any atom is -0.465 e. The van der Waals surface area contributed by atoms with Crippen LogP contribution in [0, 0.1) is 0 Å². The van der Waals surface area contributed by atoms with Crippen molar-refractivity contribution >= 4 is 69.2 Å². The molecule has 1 aliphatic heterocycles. The first-order valence-electron chi connectivity index (χ1n) is 8.56. The number of thiazole rings is 1. The Labute approximate surface area is 182 Å². The molecule has 0 saturated carbocycles. The lowest BCUT2D eigenvalue weighted by Crippen LogP contribution is -2.45. The minimum atomic E-state index is -4.63. The fourth-order valence-corrected chi connectivity index (χ4v) is 4.35. The van der Waals surface area contributed by atoms with Gasteiger partial charge in [0.15, 0.2) is 5.15 Å². The number of cyclic esters (lactones) is 1. The smallest absolute Gasteiger partial charge is 0.421 e. The fraction of sp³-hybridized carbons (Fsp3) is 0.467. The van der Waals surface area contributed by atoms with Gasteiger partial charge in [0, 0.05) is 19.2 Å². The lowest BCUT2D eigenvalue weighted by Gasteiger charge is -2.37. The zero-order chi connectivity index (χ0) is 22.3. The minimum absolute atomic E-state index is 0.0419. The third-order valence-electron chi connectivity index (χ3n) is 4.41. The maximum Gasteiger partial charge on any atom is 0.421 e. The number of aromatic nitrogens is 3. The van der Waals surface area contributed by atoms with Gasteiger partial charge in [-0.25, -0.2) is 9.97 Å². The van der Waals surface area contributed by atoms with Crippen molar-refractivity contribution in [1.82, 2.24) is 15.0 Å². The van der Waals surface area contributed by atoms with Crippen LogP contribution in [0.25, 0.3) is 0 Å². The molecule has 0 aromatic carbocycles. The average Bonchev–Trinajstić information content (AvgIpc) is 3.18. The van der Waals surface area contributed by atoms with Gasteiger partial charge in [0.2, 0.25) is 5.95 Å². The monoisotopic (exact) mass is 451 g/mol. The predicted octanol–water partition coefficient (Wildman–Crippen LogP) is 2.54. The zero-order valence-electron chi connectivity index (χ0n) is 15.5. The van der Waals surface area contributed by atoms with Gasteiger partial charge in [0.05, 0.1) is 30.1 Å². The lowest BCUT2D eigenvalue weighted by atomic mass is 9.32. The molecule has 15 heteroatoms. The van der Waals surface area contributed by atoms with Gasteiger partial charge in [-0.15, -0.1) is 5.11 Å². The third kappa shape index (κ3) is 3.99. The number of alkyl halides is 3. The molecule has 1 fully saturated rings. The summed E-state index contributed by atoms with van der Waals surface area (Å²) in [7, 11) is 17.5. The number of hydrogen-bond donors (Lipinski definition) is 2. The molecule has 1 aliphatic rings. The summed E-state index contributed by atoms with van der Waals surface area (Å²) in [5, 5.41) is 3.42. The van der Waals surface area contributed by atoms with Gasteiger partial charge in [-0.3, -0.25) is 4.79 Å². The van der Waals surface area contributed by atoms with E-state index >= 15 is 0 Å². The van der Waals surface area contributed by atoms with E-state index < -0.39 is 34.1 Å². The van der Waals surface area contributed by atoms with Gasteiger partial charge in [-0.1, -0.05) is 22.9 Å². The molecule has 1 saturated heterocycles. The zero-order valence-corrected chi connectivity index (χ0v) is 17.1. The van der Waals surface area contributed by atoms with Crippen LogP contribution in [0.3, 0.4) is 0 Å². The molecule has 3 rings (SSSR count). The number of hydrogen-bond acceptors (Lipinski definition) is 8. The Morgan fingerprint density at radius 1 is 1.33 bits per heavy atom. The molecule has 0 bridgehead atoms. The number of rotatable bonds is 6. The van der Waals surface area contributed by atoms with Crippen molar-refractivity contribution in [2.75, 3.05) is 23.8 Å². The van der Waals surface area contributed by atoms with Gasteiger partial charge in [-0.2, -0.15) is 18.2 Å². The summed E-state index contributed by atoms with van der Waals surface area (Å²) in [6.07, 6.45) is -3.91. The number of esters is 1. The van der Waals surface area contributed by atoms with E-state index in [1.54, 1.807) is 6.92 Å². The first-order chi connectivity index (χ1) is 13.9. The summed E-state index contributed by atoms with van der Waals surface area (Å²) < 4.78 is 44.3. The van der Waals surface area contributed by atoms with E-state index in [0.717, 1.165) is 11.3 Å². The van der Waals surface area contributed by atoms with E-state index in [0.29, 0.717) is 6.20 Å². The molecule has 2 N–H and O–H groups in total. The maximum absolute atomic E-state index is 13.1. The van der Waals surface area contributed by atoms with Crippen LogP contribution in [0.5, 0.6) is 0 Å². The topological polar surface area (TPSA) is 89.0 Å². The molecule has 2 aromatic rings. The highest BCUT2D eigenvalue weighted by Gasteiger charge is 2.55. The number of nitrogens with zero attached hydrogens (tertiary/aromatic N) is 3. The van der Waals surface area contributed by atoms with Crippen molar-refractivity contribution in [1.29, 1.82) is 0 Å². The SMILES string of the molecule is [B]C([B])([B])[C@@]1(c2nc(Cl)c(Nc3ncc(C(F)(F)F)c(NCC)n3)s2)CCOC1=O. The Morgan fingerprint density at radius 2 is 2.03 bits per heavy atom. The van der Waals surface area contributed by atoms with Crippen molar-refractivity contribution in [2.24, 2.45) is 0 Å². The quantitative estimate of drug-likeness (QED) is 0.516. The van der Waals surface area contributed by atoms with Gasteiger partial charge < -0.3 is 15.4 Å². The van der Waals surface area contributed by atoms with Crippen LogP contribution in [0.1, 0.15) is 23.9 Å². The Bertz CT molecular complexity index is 972. The van der Waals surface area contributed by atoms with E-state index in [-0.39, 0.29) is 40.7 Å². The molecule has 152 valence electrons. The van der Waals surface area contributed by atoms with Crippen molar-refractivity contribution in [3.8, 4) is 0 Å². The van der Waals surface area contributed by atoms with Gasteiger partial charge in [0.1, 0.15) is 26.8 Å². The van der Waals surface area contributed by atoms with Crippen molar-refractivity contribution in [3.05, 3.63) is 21.9 Å². The Kier molecular flexibility index (Phi) is 6.03. The van der Waals surface area contributed by atoms with E-state index in [1.807, 2.05) is 0 Å². The van der Waals surface area contributed by atoms with Crippen molar-refractivity contribution in [3.63, 3.8) is 0 Å². The van der Waals surface area contributed by atoms with Gasteiger partial charge in [0.25, 0.3) is 0 Å². The Balaban J connectivity index is 1.97. The van der Waals surface area contributed by atoms with E-state index in [1.165, 1.54) is 0 Å². The third-order valence-corrected chi connectivity index (χ3v) is 5.93. The van der Waals surface area contributed by atoms with Crippen LogP contribution in [0.2, 0.25) is 10.3 Å². The molecule has 0 unspecified atom stereocenters. The largest absolute Gasteiger partial charge is 0.465 e. The summed E-state index contributed by atoms with van der Waals surface area (Å²) in [5.74, 6) is -1.31. The molecule has 0 aliphatic carbocycles. The van der Waals surface area contributed by atoms with Gasteiger partial charge in [-0.05, 0) is 6.92 Å². The van der Waals surface area contributed by atoms with Crippen LogP contribution in [-0.4, -0.2) is 57.6 Å². The van der Waals surface area contributed by atoms with Crippen LogP contribution in [0.15, 0.2) is 6.20 Å². The van der Waals surface area contributed by atoms with Crippen molar-refractivity contribution < 1.29 is 22.7 Å². The second-order valence-corrected chi connectivity index (χ2v) is 7.83. The molecular weight excluding hydrogens is 439 g/mol. The standard InChI is InChI=1S/C15H12B3ClF3N5O2S/c1-2-23-8-6(14(20,21)22)5-24-12(26-8)27-9-7(19)25-10(30-9)13(15(16,17)18)3-4-29-11(13)28/h5H,2-4H2,1H3,(H2,23,24,26,27)/t13-/m1/s1. The maximum atomic E-state index is 13.1. The van der Waals surface area contributed by atoms with Crippen molar-refractivity contribution in [2.45, 2.75) is 30.0 Å². The number of anilines is 3. The van der Waals surface area contributed by atoms with Gasteiger partial charge >= 0.3 is 12.1 Å². The second kappa shape index (κ2) is 7.95.